The molecule has 18 heavy (non-hydrogen) atoms. The topological polar surface area (TPSA) is 9.23 Å². The molecule has 0 unspecified atom stereocenters. The molecule has 0 amide bonds. The van der Waals surface area contributed by atoms with Gasteiger partial charge in [0.1, 0.15) is 18.2 Å². The predicted octanol–water partition coefficient (Wildman–Crippen LogP) is 4.91. The van der Waals surface area contributed by atoms with Gasteiger partial charge in [-0.25, -0.2) is 4.39 Å². The molecular weight excluding hydrogens is 319 g/mol. The lowest BCUT2D eigenvalue weighted by Gasteiger charge is -2.10. The average molecular weight is 330 g/mol. The fraction of sp³-hybridized carbons (Fsp3) is 0.143. The Morgan fingerprint density at radius 3 is 2.50 bits per heavy atom. The van der Waals surface area contributed by atoms with Crippen molar-refractivity contribution in [3.05, 3.63) is 63.9 Å². The molecule has 0 fully saturated rings. The van der Waals surface area contributed by atoms with Crippen molar-refractivity contribution in [3.8, 4) is 5.75 Å². The highest BCUT2D eigenvalue weighted by molar-refractivity contribution is 9.10. The first-order chi connectivity index (χ1) is 8.69. The molecule has 0 radical (unpaired) electrons. The number of hydrogen-bond acceptors (Lipinski definition) is 1. The number of rotatable bonds is 4. The van der Waals surface area contributed by atoms with Gasteiger partial charge in [-0.3, -0.25) is 0 Å². The van der Waals surface area contributed by atoms with E-state index < -0.39 is 0 Å². The summed E-state index contributed by atoms with van der Waals surface area (Å²) in [4.78, 5) is 0. The van der Waals surface area contributed by atoms with Crippen molar-refractivity contribution in [1.29, 1.82) is 0 Å². The SMILES string of the molecule is Fc1ccc(COc2ccc(Br)cc2CCl)cc1. The molecule has 0 aliphatic carbocycles. The van der Waals surface area contributed by atoms with E-state index in [1.807, 2.05) is 18.2 Å². The molecule has 4 heteroatoms. The lowest BCUT2D eigenvalue weighted by Crippen LogP contribution is -1.98. The fourth-order valence-corrected chi connectivity index (χ4v) is 2.15. The highest BCUT2D eigenvalue weighted by Crippen LogP contribution is 2.25. The van der Waals surface area contributed by atoms with Crippen LogP contribution in [-0.4, -0.2) is 0 Å². The maximum absolute atomic E-state index is 12.7. The van der Waals surface area contributed by atoms with Gasteiger partial charge in [0.2, 0.25) is 0 Å². The maximum Gasteiger partial charge on any atom is 0.124 e. The van der Waals surface area contributed by atoms with Crippen LogP contribution in [0.5, 0.6) is 5.75 Å². The first-order valence-corrected chi connectivity index (χ1v) is 6.73. The van der Waals surface area contributed by atoms with Crippen molar-refractivity contribution in [3.63, 3.8) is 0 Å². The number of hydrogen-bond donors (Lipinski definition) is 0. The smallest absolute Gasteiger partial charge is 0.124 e. The molecule has 2 aromatic carbocycles. The lowest BCUT2D eigenvalue weighted by molar-refractivity contribution is 0.303. The molecule has 0 bridgehead atoms. The van der Waals surface area contributed by atoms with Crippen LogP contribution in [0.2, 0.25) is 0 Å². The second kappa shape index (κ2) is 6.21. The molecule has 0 heterocycles. The van der Waals surface area contributed by atoms with Crippen molar-refractivity contribution in [2.24, 2.45) is 0 Å². The molecule has 0 atom stereocenters. The highest BCUT2D eigenvalue weighted by Gasteiger charge is 2.04. The Bertz CT molecular complexity index is 528. The molecule has 94 valence electrons. The minimum Gasteiger partial charge on any atom is -0.489 e. The van der Waals surface area contributed by atoms with Gasteiger partial charge in [0, 0.05) is 10.0 Å². The van der Waals surface area contributed by atoms with Crippen LogP contribution >= 0.6 is 27.5 Å². The van der Waals surface area contributed by atoms with Crippen molar-refractivity contribution >= 4 is 27.5 Å². The number of alkyl halides is 1. The van der Waals surface area contributed by atoms with Gasteiger partial charge in [0.15, 0.2) is 0 Å². The summed E-state index contributed by atoms with van der Waals surface area (Å²) >= 11 is 9.24. The Hall–Kier alpha value is -1.06. The zero-order valence-electron chi connectivity index (χ0n) is 9.50. The van der Waals surface area contributed by atoms with Gasteiger partial charge < -0.3 is 4.74 Å². The zero-order chi connectivity index (χ0) is 13.0. The van der Waals surface area contributed by atoms with E-state index in [1.54, 1.807) is 12.1 Å². The van der Waals surface area contributed by atoms with Gasteiger partial charge in [0.25, 0.3) is 0 Å². The van der Waals surface area contributed by atoms with Crippen molar-refractivity contribution in [2.45, 2.75) is 12.5 Å². The molecule has 0 aromatic heterocycles. The third-order valence-electron chi connectivity index (χ3n) is 2.47. The van der Waals surface area contributed by atoms with Crippen LogP contribution in [0.25, 0.3) is 0 Å². The van der Waals surface area contributed by atoms with E-state index >= 15 is 0 Å². The van der Waals surface area contributed by atoms with Crippen molar-refractivity contribution < 1.29 is 9.13 Å². The molecule has 0 aliphatic rings. The summed E-state index contributed by atoms with van der Waals surface area (Å²) in [5.41, 5.74) is 1.84. The number of ether oxygens (including phenoxy) is 1. The number of halogens is 3. The van der Waals surface area contributed by atoms with Crippen LogP contribution in [0.3, 0.4) is 0 Å². The van der Waals surface area contributed by atoms with Crippen molar-refractivity contribution in [2.75, 3.05) is 0 Å². The Labute approximate surface area is 119 Å². The van der Waals surface area contributed by atoms with Crippen molar-refractivity contribution in [1.82, 2.24) is 0 Å². The Balaban J connectivity index is 2.08. The summed E-state index contributed by atoms with van der Waals surface area (Å²) in [7, 11) is 0. The van der Waals surface area contributed by atoms with Gasteiger partial charge >= 0.3 is 0 Å². The third-order valence-corrected chi connectivity index (χ3v) is 3.26. The summed E-state index contributed by atoms with van der Waals surface area (Å²) in [5.74, 6) is 0.888. The second-order valence-electron chi connectivity index (χ2n) is 3.80. The summed E-state index contributed by atoms with van der Waals surface area (Å²) in [6.45, 7) is 0.395. The van der Waals surface area contributed by atoms with E-state index in [-0.39, 0.29) is 5.82 Å². The summed E-state index contributed by atoms with van der Waals surface area (Å²) < 4.78 is 19.4. The van der Waals surface area contributed by atoms with Crippen LogP contribution in [0, 0.1) is 5.82 Å². The normalized spacial score (nSPS) is 10.4. The molecule has 2 rings (SSSR count). The lowest BCUT2D eigenvalue weighted by atomic mass is 10.2. The summed E-state index contributed by atoms with van der Waals surface area (Å²) in [6.07, 6.45) is 0. The van der Waals surface area contributed by atoms with Crippen LogP contribution in [-0.2, 0) is 12.5 Å². The summed E-state index contributed by atoms with van der Waals surface area (Å²) in [6, 6.07) is 11.9. The zero-order valence-corrected chi connectivity index (χ0v) is 11.8. The number of benzene rings is 2. The molecular formula is C14H11BrClFO. The third kappa shape index (κ3) is 3.47. The molecule has 0 saturated carbocycles. The van der Waals surface area contributed by atoms with E-state index in [1.165, 1.54) is 12.1 Å². The molecule has 0 N–H and O–H groups in total. The first kappa shape index (κ1) is 13.4. The van der Waals surface area contributed by atoms with E-state index in [9.17, 15) is 4.39 Å². The average Bonchev–Trinajstić information content (AvgIpc) is 2.39. The van der Waals surface area contributed by atoms with Gasteiger partial charge in [0.05, 0.1) is 5.88 Å². The molecule has 0 spiro atoms. The van der Waals surface area contributed by atoms with E-state index in [4.69, 9.17) is 16.3 Å². The van der Waals surface area contributed by atoms with Gasteiger partial charge in [-0.1, -0.05) is 28.1 Å². The molecule has 2 aromatic rings. The standard InChI is InChI=1S/C14H11BrClFO/c15-12-3-6-14(11(7-12)8-16)18-9-10-1-4-13(17)5-2-10/h1-7H,8-9H2. The van der Waals surface area contributed by atoms with E-state index in [0.717, 1.165) is 21.3 Å². The quantitative estimate of drug-likeness (QED) is 0.725. The monoisotopic (exact) mass is 328 g/mol. The highest BCUT2D eigenvalue weighted by atomic mass is 79.9. The Morgan fingerprint density at radius 2 is 1.83 bits per heavy atom. The molecule has 1 nitrogen and oxygen atoms in total. The predicted molar refractivity (Wildman–Crippen MR) is 74.4 cm³/mol. The van der Waals surface area contributed by atoms with Crippen LogP contribution < -0.4 is 4.74 Å². The van der Waals surface area contributed by atoms with Crippen LogP contribution in [0.15, 0.2) is 46.9 Å². The Morgan fingerprint density at radius 1 is 1.11 bits per heavy atom. The molecule has 0 saturated heterocycles. The van der Waals surface area contributed by atoms with Gasteiger partial charge in [-0.15, -0.1) is 11.6 Å². The fourth-order valence-electron chi connectivity index (χ4n) is 1.53. The minimum absolute atomic E-state index is 0.246. The Kier molecular flexibility index (Phi) is 4.61. The van der Waals surface area contributed by atoms with Crippen LogP contribution in [0.1, 0.15) is 11.1 Å². The van der Waals surface area contributed by atoms with E-state index in [2.05, 4.69) is 15.9 Å². The van der Waals surface area contributed by atoms with Crippen LogP contribution in [0.4, 0.5) is 4.39 Å². The second-order valence-corrected chi connectivity index (χ2v) is 4.98. The first-order valence-electron chi connectivity index (χ1n) is 5.40. The minimum atomic E-state index is -0.246. The molecule has 0 aliphatic heterocycles. The van der Waals surface area contributed by atoms with Gasteiger partial charge in [-0.05, 0) is 35.9 Å². The largest absolute Gasteiger partial charge is 0.489 e. The maximum atomic E-state index is 12.7. The van der Waals surface area contributed by atoms with Gasteiger partial charge in [-0.2, -0.15) is 0 Å². The van der Waals surface area contributed by atoms with E-state index in [0.29, 0.717) is 12.5 Å². The summed E-state index contributed by atoms with van der Waals surface area (Å²) in [5, 5.41) is 0.